The fourth-order valence-electron chi connectivity index (χ4n) is 1.94. The van der Waals surface area contributed by atoms with Crippen LogP contribution in [0.3, 0.4) is 0 Å². The molecule has 24 heavy (non-hydrogen) atoms. The van der Waals surface area contributed by atoms with Crippen molar-refractivity contribution in [2.24, 2.45) is 0 Å². The zero-order chi connectivity index (χ0) is 17.4. The van der Waals surface area contributed by atoms with Crippen LogP contribution < -0.4 is 10.6 Å². The number of carbonyl (C=O) groups is 2. The van der Waals surface area contributed by atoms with Gasteiger partial charge in [-0.15, -0.1) is 16.8 Å². The molecule has 0 bridgehead atoms. The van der Waals surface area contributed by atoms with Gasteiger partial charge in [-0.2, -0.15) is 0 Å². The number of hydrogen-bond donors (Lipinski definition) is 2. The van der Waals surface area contributed by atoms with Gasteiger partial charge in [0.15, 0.2) is 11.0 Å². The average molecular weight is 345 g/mol. The SMILES string of the molecule is C=CCn1c(SCC(=O)NCC(=O)NC)nnc1-c1ccccc1. The molecule has 0 aliphatic carbocycles. The van der Waals surface area contributed by atoms with Gasteiger partial charge in [0, 0.05) is 19.2 Å². The molecule has 0 radical (unpaired) electrons. The van der Waals surface area contributed by atoms with Crippen molar-refractivity contribution < 1.29 is 9.59 Å². The van der Waals surface area contributed by atoms with Crippen molar-refractivity contribution in [1.29, 1.82) is 0 Å². The lowest BCUT2D eigenvalue weighted by molar-refractivity contribution is -0.124. The molecule has 1 aromatic carbocycles. The molecule has 1 heterocycles. The van der Waals surface area contributed by atoms with E-state index in [2.05, 4.69) is 27.4 Å². The lowest BCUT2D eigenvalue weighted by Gasteiger charge is -2.08. The van der Waals surface area contributed by atoms with Gasteiger partial charge in [0.05, 0.1) is 12.3 Å². The third kappa shape index (κ3) is 4.69. The zero-order valence-electron chi connectivity index (χ0n) is 13.4. The third-order valence-electron chi connectivity index (χ3n) is 3.12. The van der Waals surface area contributed by atoms with Crippen molar-refractivity contribution in [3.63, 3.8) is 0 Å². The van der Waals surface area contributed by atoms with Crippen molar-refractivity contribution in [1.82, 2.24) is 25.4 Å². The number of carbonyl (C=O) groups excluding carboxylic acids is 2. The Bertz CT molecular complexity index is 715. The molecular formula is C16H19N5O2S. The molecule has 2 amide bonds. The number of amides is 2. The van der Waals surface area contributed by atoms with E-state index in [-0.39, 0.29) is 24.1 Å². The summed E-state index contributed by atoms with van der Waals surface area (Å²) in [5, 5.41) is 14.0. The van der Waals surface area contributed by atoms with E-state index in [1.807, 2.05) is 34.9 Å². The van der Waals surface area contributed by atoms with Gasteiger partial charge in [-0.05, 0) is 0 Å². The number of rotatable bonds is 8. The second-order valence-electron chi connectivity index (χ2n) is 4.81. The van der Waals surface area contributed by atoms with Crippen LogP contribution in [0.4, 0.5) is 0 Å². The zero-order valence-corrected chi connectivity index (χ0v) is 14.2. The normalized spacial score (nSPS) is 10.2. The monoisotopic (exact) mass is 345 g/mol. The number of nitrogens with zero attached hydrogens (tertiary/aromatic N) is 3. The van der Waals surface area contributed by atoms with Gasteiger partial charge in [0.1, 0.15) is 0 Å². The second kappa shape index (κ2) is 8.88. The van der Waals surface area contributed by atoms with Crippen LogP contribution in [0, 0.1) is 0 Å². The second-order valence-corrected chi connectivity index (χ2v) is 5.75. The smallest absolute Gasteiger partial charge is 0.239 e. The first-order valence-electron chi connectivity index (χ1n) is 7.35. The van der Waals surface area contributed by atoms with Crippen molar-refractivity contribution in [3.8, 4) is 11.4 Å². The van der Waals surface area contributed by atoms with E-state index < -0.39 is 0 Å². The first-order chi connectivity index (χ1) is 11.7. The molecule has 8 heteroatoms. The predicted octanol–water partition coefficient (Wildman–Crippen LogP) is 1.09. The molecule has 0 unspecified atom stereocenters. The van der Waals surface area contributed by atoms with Crippen molar-refractivity contribution in [2.45, 2.75) is 11.7 Å². The van der Waals surface area contributed by atoms with E-state index in [0.717, 1.165) is 11.4 Å². The molecule has 0 aliphatic rings. The molecule has 0 fully saturated rings. The Labute approximate surface area is 144 Å². The minimum atomic E-state index is -0.241. The van der Waals surface area contributed by atoms with Gasteiger partial charge in [0.25, 0.3) is 0 Å². The highest BCUT2D eigenvalue weighted by atomic mass is 32.2. The summed E-state index contributed by atoms with van der Waals surface area (Å²) in [5.41, 5.74) is 0.947. The van der Waals surface area contributed by atoms with Crippen molar-refractivity contribution in [2.75, 3.05) is 19.3 Å². The average Bonchev–Trinajstić information content (AvgIpc) is 3.01. The van der Waals surface area contributed by atoms with E-state index in [1.165, 1.54) is 18.8 Å². The largest absolute Gasteiger partial charge is 0.358 e. The van der Waals surface area contributed by atoms with Crippen LogP contribution in [-0.4, -0.2) is 45.9 Å². The number of nitrogens with one attached hydrogen (secondary N) is 2. The summed E-state index contributed by atoms with van der Waals surface area (Å²) in [5.74, 6) is 0.400. The number of allylic oxidation sites excluding steroid dienone is 1. The molecule has 7 nitrogen and oxygen atoms in total. The summed E-state index contributed by atoms with van der Waals surface area (Å²) >= 11 is 1.27. The molecule has 2 aromatic rings. The van der Waals surface area contributed by atoms with Gasteiger partial charge in [0.2, 0.25) is 11.8 Å². The maximum absolute atomic E-state index is 11.8. The quantitative estimate of drug-likeness (QED) is 0.552. The topological polar surface area (TPSA) is 88.9 Å². The number of thioether (sulfide) groups is 1. The lowest BCUT2D eigenvalue weighted by atomic mass is 10.2. The highest BCUT2D eigenvalue weighted by Gasteiger charge is 2.14. The van der Waals surface area contributed by atoms with Crippen LogP contribution in [0.1, 0.15) is 0 Å². The molecule has 0 aliphatic heterocycles. The van der Waals surface area contributed by atoms with E-state index in [0.29, 0.717) is 11.7 Å². The summed E-state index contributed by atoms with van der Waals surface area (Å²) in [4.78, 5) is 22.9. The van der Waals surface area contributed by atoms with Gasteiger partial charge >= 0.3 is 0 Å². The summed E-state index contributed by atoms with van der Waals surface area (Å²) in [6, 6.07) is 9.70. The van der Waals surface area contributed by atoms with Crippen molar-refractivity contribution >= 4 is 23.6 Å². The Morgan fingerprint density at radius 3 is 2.67 bits per heavy atom. The molecule has 2 N–H and O–H groups in total. The Hall–Kier alpha value is -2.61. The van der Waals surface area contributed by atoms with E-state index in [1.54, 1.807) is 6.08 Å². The predicted molar refractivity (Wildman–Crippen MR) is 93.5 cm³/mol. The Balaban J connectivity index is 2.05. The fourth-order valence-corrected chi connectivity index (χ4v) is 2.72. The lowest BCUT2D eigenvalue weighted by Crippen LogP contribution is -2.36. The summed E-state index contributed by atoms with van der Waals surface area (Å²) in [6.07, 6.45) is 1.76. The van der Waals surface area contributed by atoms with Gasteiger partial charge < -0.3 is 10.6 Å². The van der Waals surface area contributed by atoms with E-state index >= 15 is 0 Å². The number of hydrogen-bond acceptors (Lipinski definition) is 5. The third-order valence-corrected chi connectivity index (χ3v) is 4.08. The van der Waals surface area contributed by atoms with Crippen LogP contribution in [0.15, 0.2) is 48.1 Å². The standard InChI is InChI=1S/C16H19N5O2S/c1-3-9-21-15(12-7-5-4-6-8-12)19-20-16(21)24-11-14(23)18-10-13(22)17-2/h3-8H,1,9-11H2,2H3,(H,17,22)(H,18,23). The van der Waals surface area contributed by atoms with E-state index in [9.17, 15) is 9.59 Å². The highest BCUT2D eigenvalue weighted by Crippen LogP contribution is 2.23. The maximum atomic E-state index is 11.8. The molecular weight excluding hydrogens is 326 g/mol. The molecule has 1 aromatic heterocycles. The van der Waals surface area contributed by atoms with Crippen LogP contribution in [0.25, 0.3) is 11.4 Å². The minimum absolute atomic E-state index is 0.0372. The van der Waals surface area contributed by atoms with Gasteiger partial charge in [-0.25, -0.2) is 0 Å². The summed E-state index contributed by atoms with van der Waals surface area (Å²) in [7, 11) is 1.52. The van der Waals surface area contributed by atoms with Crippen molar-refractivity contribution in [3.05, 3.63) is 43.0 Å². The highest BCUT2D eigenvalue weighted by molar-refractivity contribution is 7.99. The molecule has 0 spiro atoms. The first kappa shape index (κ1) is 17.7. The van der Waals surface area contributed by atoms with Crippen LogP contribution in [-0.2, 0) is 16.1 Å². The first-order valence-corrected chi connectivity index (χ1v) is 8.34. The number of aromatic nitrogens is 3. The van der Waals surface area contributed by atoms with Crippen LogP contribution in [0.5, 0.6) is 0 Å². The fraction of sp³-hybridized carbons (Fsp3) is 0.250. The Kier molecular flexibility index (Phi) is 6.56. The van der Waals surface area contributed by atoms with Crippen LogP contribution >= 0.6 is 11.8 Å². The Morgan fingerprint density at radius 2 is 2.00 bits per heavy atom. The summed E-state index contributed by atoms with van der Waals surface area (Å²) in [6.45, 7) is 4.26. The van der Waals surface area contributed by atoms with Gasteiger partial charge in [-0.1, -0.05) is 48.2 Å². The molecule has 0 saturated heterocycles. The minimum Gasteiger partial charge on any atom is -0.358 e. The molecule has 0 atom stereocenters. The molecule has 2 rings (SSSR count). The number of likely N-dealkylation sites (N-methyl/N-ethyl adjacent to an activating group) is 1. The Morgan fingerprint density at radius 1 is 1.25 bits per heavy atom. The molecule has 0 saturated carbocycles. The molecule has 126 valence electrons. The number of benzene rings is 1. The van der Waals surface area contributed by atoms with Crippen LogP contribution in [0.2, 0.25) is 0 Å². The van der Waals surface area contributed by atoms with E-state index in [4.69, 9.17) is 0 Å². The summed E-state index contributed by atoms with van der Waals surface area (Å²) < 4.78 is 1.90. The van der Waals surface area contributed by atoms with Gasteiger partial charge in [-0.3, -0.25) is 14.2 Å². The maximum Gasteiger partial charge on any atom is 0.239 e.